The van der Waals surface area contributed by atoms with Crippen LogP contribution in [0.25, 0.3) is 0 Å². The van der Waals surface area contributed by atoms with Crippen molar-refractivity contribution in [2.45, 2.75) is 84.2 Å². The highest BCUT2D eigenvalue weighted by molar-refractivity contribution is 7.91. The molecule has 1 aliphatic heterocycles. The molecule has 0 aromatic heterocycles. The van der Waals surface area contributed by atoms with E-state index in [1.807, 2.05) is 27.7 Å². The van der Waals surface area contributed by atoms with Crippen LogP contribution < -0.4 is 5.43 Å². The Morgan fingerprint density at radius 1 is 0.905 bits per heavy atom. The number of sulfone groups is 1. The van der Waals surface area contributed by atoms with Crippen molar-refractivity contribution >= 4 is 9.84 Å². The minimum Gasteiger partial charge on any atom is -0.254 e. The van der Waals surface area contributed by atoms with Crippen LogP contribution >= 0.6 is 0 Å². The molecule has 0 unspecified atom stereocenters. The fourth-order valence-corrected chi connectivity index (χ4v) is 6.11. The first-order valence-corrected chi connectivity index (χ1v) is 10.2. The molecular weight excluding hydrogens is 284 g/mol. The molecule has 21 heavy (non-hydrogen) atoms. The minimum absolute atomic E-state index is 0.229. The van der Waals surface area contributed by atoms with Crippen molar-refractivity contribution in [3.63, 3.8) is 0 Å². The maximum absolute atomic E-state index is 12.0. The van der Waals surface area contributed by atoms with Crippen LogP contribution in [0.15, 0.2) is 0 Å². The van der Waals surface area contributed by atoms with Crippen molar-refractivity contribution in [3.05, 3.63) is 0 Å². The monoisotopic (exact) mass is 318 g/mol. The Morgan fingerprint density at radius 2 is 1.38 bits per heavy atom. The summed E-state index contributed by atoms with van der Waals surface area (Å²) in [4.78, 5) is 0. The van der Waals surface area contributed by atoms with Gasteiger partial charge >= 0.3 is 0 Å². The minimum atomic E-state index is -2.96. The van der Waals surface area contributed by atoms with Crippen molar-refractivity contribution in [1.82, 2.24) is 10.4 Å². The summed E-state index contributed by atoms with van der Waals surface area (Å²) in [6.07, 6.45) is 7.64. The Hall–Kier alpha value is -0.130. The van der Waals surface area contributed by atoms with Crippen molar-refractivity contribution in [2.24, 2.45) is 0 Å². The molecule has 1 fully saturated rings. The third kappa shape index (κ3) is 5.87. The van der Waals surface area contributed by atoms with Gasteiger partial charge in [-0.05, 0) is 34.1 Å². The van der Waals surface area contributed by atoms with E-state index in [4.69, 9.17) is 0 Å². The van der Waals surface area contributed by atoms with Crippen LogP contribution in [-0.4, -0.2) is 42.6 Å². The molecule has 126 valence electrons. The van der Waals surface area contributed by atoms with E-state index in [9.17, 15) is 8.42 Å². The Balaban J connectivity index is 2.45. The highest BCUT2D eigenvalue weighted by Crippen LogP contribution is 2.31. The lowest BCUT2D eigenvalue weighted by Gasteiger charge is -2.52. The number of unbranched alkanes of at least 4 members (excludes halogenated alkanes) is 5. The van der Waals surface area contributed by atoms with Crippen LogP contribution in [0.2, 0.25) is 0 Å². The third-order valence-electron chi connectivity index (χ3n) is 4.16. The molecule has 1 saturated heterocycles. The molecule has 0 saturated carbocycles. The lowest BCUT2D eigenvalue weighted by Crippen LogP contribution is -2.69. The van der Waals surface area contributed by atoms with Crippen LogP contribution in [0.5, 0.6) is 0 Å². The standard InChI is InChI=1S/C16H34N2O2S/c1-6-7-8-9-10-11-12-17-18-15(2,3)13-21(19,20)14-16(18,4)5/h17H,6-14H2,1-5H3. The smallest absolute Gasteiger partial charge is 0.154 e. The van der Waals surface area contributed by atoms with Gasteiger partial charge in [0.15, 0.2) is 9.84 Å². The Bertz CT molecular complexity index is 392. The third-order valence-corrected chi connectivity index (χ3v) is 6.45. The van der Waals surface area contributed by atoms with E-state index in [0.717, 1.165) is 13.0 Å². The van der Waals surface area contributed by atoms with Gasteiger partial charge in [0, 0.05) is 17.6 Å². The number of nitrogens with one attached hydrogen (secondary N) is 1. The molecule has 0 amide bonds. The molecule has 0 aliphatic carbocycles. The van der Waals surface area contributed by atoms with Crippen molar-refractivity contribution in [2.75, 3.05) is 18.1 Å². The average Bonchev–Trinajstić information content (AvgIpc) is 2.27. The molecular formula is C16H34N2O2S. The van der Waals surface area contributed by atoms with Crippen LogP contribution in [0, 0.1) is 0 Å². The molecule has 0 bridgehead atoms. The lowest BCUT2D eigenvalue weighted by molar-refractivity contribution is -0.0190. The average molecular weight is 319 g/mol. The zero-order valence-corrected chi connectivity index (χ0v) is 15.4. The van der Waals surface area contributed by atoms with Gasteiger partial charge in [-0.3, -0.25) is 5.43 Å². The molecule has 0 atom stereocenters. The van der Waals surface area contributed by atoms with Gasteiger partial charge in [-0.2, -0.15) is 0 Å². The van der Waals surface area contributed by atoms with E-state index in [-0.39, 0.29) is 22.6 Å². The zero-order valence-electron chi connectivity index (χ0n) is 14.5. The van der Waals surface area contributed by atoms with Gasteiger partial charge in [0.05, 0.1) is 11.5 Å². The van der Waals surface area contributed by atoms with Gasteiger partial charge in [-0.15, -0.1) is 0 Å². The van der Waals surface area contributed by atoms with Crippen molar-refractivity contribution < 1.29 is 8.42 Å². The van der Waals surface area contributed by atoms with E-state index < -0.39 is 9.84 Å². The van der Waals surface area contributed by atoms with Gasteiger partial charge < -0.3 is 0 Å². The predicted octanol–water partition coefficient (Wildman–Crippen LogP) is 3.14. The normalized spacial score (nSPS) is 24.0. The van der Waals surface area contributed by atoms with Crippen LogP contribution in [-0.2, 0) is 9.84 Å². The summed E-state index contributed by atoms with van der Waals surface area (Å²) < 4.78 is 24.1. The second kappa shape index (κ2) is 7.42. The largest absolute Gasteiger partial charge is 0.254 e. The fourth-order valence-electron chi connectivity index (χ4n) is 3.60. The van der Waals surface area contributed by atoms with Crippen LogP contribution in [0.3, 0.4) is 0 Å². The molecule has 0 spiro atoms. The Kier molecular flexibility index (Phi) is 6.69. The quantitative estimate of drug-likeness (QED) is 0.699. The number of hydrogen-bond donors (Lipinski definition) is 1. The number of hydrazine groups is 1. The Morgan fingerprint density at radius 3 is 1.90 bits per heavy atom. The molecule has 0 radical (unpaired) electrons. The molecule has 1 heterocycles. The molecule has 0 aromatic rings. The fraction of sp³-hybridized carbons (Fsp3) is 1.00. The highest BCUT2D eigenvalue weighted by atomic mass is 32.2. The number of nitrogens with zero attached hydrogens (tertiary/aromatic N) is 1. The zero-order chi connectivity index (χ0) is 16.1. The summed E-state index contributed by atoms with van der Waals surface area (Å²) in [5.41, 5.74) is 2.78. The van der Waals surface area contributed by atoms with Gasteiger partial charge in [0.1, 0.15) is 0 Å². The van der Waals surface area contributed by atoms with E-state index >= 15 is 0 Å². The number of hydrogen-bond acceptors (Lipinski definition) is 4. The second-order valence-electron chi connectivity index (χ2n) is 7.67. The summed E-state index contributed by atoms with van der Waals surface area (Å²) in [6, 6.07) is 0. The first-order valence-electron chi connectivity index (χ1n) is 8.35. The highest BCUT2D eigenvalue weighted by Gasteiger charge is 2.47. The van der Waals surface area contributed by atoms with Gasteiger partial charge in [-0.1, -0.05) is 39.0 Å². The van der Waals surface area contributed by atoms with Crippen molar-refractivity contribution in [1.29, 1.82) is 0 Å². The first kappa shape index (κ1) is 18.9. The van der Waals surface area contributed by atoms with E-state index in [0.29, 0.717) is 0 Å². The van der Waals surface area contributed by atoms with Crippen LogP contribution in [0.1, 0.15) is 73.1 Å². The van der Waals surface area contributed by atoms with E-state index in [1.165, 1.54) is 32.1 Å². The summed E-state index contributed by atoms with van der Waals surface area (Å²) in [5.74, 6) is 0.458. The number of rotatable bonds is 8. The van der Waals surface area contributed by atoms with E-state index in [1.54, 1.807) is 0 Å². The summed E-state index contributed by atoms with van der Waals surface area (Å²) in [6.45, 7) is 11.2. The molecule has 1 N–H and O–H groups in total. The predicted molar refractivity (Wildman–Crippen MR) is 90.0 cm³/mol. The van der Waals surface area contributed by atoms with Crippen LogP contribution in [0.4, 0.5) is 0 Å². The molecule has 1 aliphatic rings. The molecule has 4 nitrogen and oxygen atoms in total. The maximum Gasteiger partial charge on any atom is 0.154 e. The van der Waals surface area contributed by atoms with Gasteiger partial charge in [0.2, 0.25) is 0 Å². The SMILES string of the molecule is CCCCCCCCNN1C(C)(C)CS(=O)(=O)CC1(C)C. The first-order chi connectivity index (χ1) is 9.61. The lowest BCUT2D eigenvalue weighted by atomic mass is 9.98. The summed E-state index contributed by atoms with van der Waals surface area (Å²) in [5, 5.41) is 2.17. The summed E-state index contributed by atoms with van der Waals surface area (Å²) >= 11 is 0. The molecule has 1 rings (SSSR count). The summed E-state index contributed by atoms with van der Waals surface area (Å²) in [7, 11) is -2.96. The Labute approximate surface area is 131 Å². The topological polar surface area (TPSA) is 49.4 Å². The maximum atomic E-state index is 12.0. The molecule has 0 aromatic carbocycles. The van der Waals surface area contributed by atoms with E-state index in [2.05, 4.69) is 17.4 Å². The van der Waals surface area contributed by atoms with Gasteiger partial charge in [0.25, 0.3) is 0 Å². The molecule has 5 heteroatoms. The second-order valence-corrected chi connectivity index (χ2v) is 9.73. The van der Waals surface area contributed by atoms with Gasteiger partial charge in [-0.25, -0.2) is 13.4 Å². The van der Waals surface area contributed by atoms with Crippen molar-refractivity contribution in [3.8, 4) is 0 Å².